The van der Waals surface area contributed by atoms with Crippen LogP contribution in [-0.2, 0) is 11.1 Å². The number of alkyl halides is 8. The maximum absolute atomic E-state index is 14.7. The van der Waals surface area contributed by atoms with Crippen LogP contribution in [0.3, 0.4) is 0 Å². The Morgan fingerprint density at radius 2 is 1.67 bits per heavy atom. The van der Waals surface area contributed by atoms with Crippen LogP contribution in [0.25, 0.3) is 16.9 Å². The summed E-state index contributed by atoms with van der Waals surface area (Å²) in [6, 6.07) is 4.34. The van der Waals surface area contributed by atoms with Crippen molar-refractivity contribution in [2.45, 2.75) is 23.5 Å². The lowest BCUT2D eigenvalue weighted by molar-refractivity contribution is -0.350. The van der Waals surface area contributed by atoms with Gasteiger partial charge in [-0.2, -0.15) is 31.4 Å². The fraction of sp³-hybridized carbons (Fsp3) is 0.222. The van der Waals surface area contributed by atoms with Crippen LogP contribution in [0, 0.1) is 0 Å². The second kappa shape index (κ2) is 8.62. The Hall–Kier alpha value is -2.06. The summed E-state index contributed by atoms with van der Waals surface area (Å²) in [5, 5.41) is 13.1. The number of hydrogen-bond acceptors (Lipinski definition) is 2. The summed E-state index contributed by atoms with van der Waals surface area (Å²) in [6.07, 6.45) is -10.2. The Morgan fingerprint density at radius 1 is 1.06 bits per heavy atom. The van der Waals surface area contributed by atoms with E-state index in [1.165, 1.54) is 30.6 Å². The zero-order valence-electron chi connectivity index (χ0n) is 15.6. The third kappa shape index (κ3) is 4.28. The smallest absolute Gasteiger partial charge is 0.437 e. The van der Waals surface area contributed by atoms with Gasteiger partial charge in [0.05, 0.1) is 32.4 Å². The standard InChI is InChI=1S/C18H9Br2ClF7N3O2/c19-7-30-13(16(22,17(23,24)25)18(26,27)28)4-11(20)14(30)31-6-9(5-29-31)8-1-2-12(21)10(3-8)15(32)33/h1-6H,7H2,(H,32,33). The quantitative estimate of drug-likeness (QED) is 0.243. The molecule has 0 aliphatic carbocycles. The van der Waals surface area contributed by atoms with Crippen molar-refractivity contribution in [1.82, 2.24) is 14.3 Å². The molecule has 0 radical (unpaired) electrons. The summed E-state index contributed by atoms with van der Waals surface area (Å²) in [5.74, 6) is -1.65. The molecule has 178 valence electrons. The van der Waals surface area contributed by atoms with Crippen molar-refractivity contribution < 1.29 is 40.6 Å². The zero-order valence-corrected chi connectivity index (χ0v) is 19.6. The van der Waals surface area contributed by atoms with Crippen molar-refractivity contribution in [2.24, 2.45) is 0 Å². The van der Waals surface area contributed by atoms with E-state index in [2.05, 4.69) is 37.0 Å². The predicted molar refractivity (Wildman–Crippen MR) is 110 cm³/mol. The van der Waals surface area contributed by atoms with E-state index in [0.717, 1.165) is 4.68 Å². The van der Waals surface area contributed by atoms with Crippen molar-refractivity contribution in [3.05, 3.63) is 57.4 Å². The highest BCUT2D eigenvalue weighted by molar-refractivity contribution is 9.10. The fourth-order valence-electron chi connectivity index (χ4n) is 3.05. The fourth-order valence-corrected chi connectivity index (χ4v) is 4.37. The van der Waals surface area contributed by atoms with Crippen LogP contribution in [0.15, 0.2) is 41.1 Å². The molecule has 0 aliphatic rings. The van der Waals surface area contributed by atoms with Crippen LogP contribution >= 0.6 is 43.5 Å². The lowest BCUT2D eigenvalue weighted by Crippen LogP contribution is -2.51. The number of carboxylic acids is 1. The lowest BCUT2D eigenvalue weighted by Gasteiger charge is -2.30. The Labute approximate surface area is 202 Å². The Kier molecular flexibility index (Phi) is 6.68. The van der Waals surface area contributed by atoms with E-state index < -0.39 is 35.1 Å². The van der Waals surface area contributed by atoms with Crippen LogP contribution in [-0.4, -0.2) is 37.8 Å². The predicted octanol–water partition coefficient (Wildman–Crippen LogP) is 7.10. The molecular formula is C18H9Br2ClF7N3O2. The number of benzene rings is 1. The van der Waals surface area contributed by atoms with Crippen molar-refractivity contribution in [1.29, 1.82) is 0 Å². The monoisotopic (exact) mass is 625 g/mol. The minimum atomic E-state index is -6.30. The molecule has 15 heteroatoms. The molecule has 0 atom stereocenters. The van der Waals surface area contributed by atoms with Gasteiger partial charge in [-0.3, -0.25) is 0 Å². The van der Waals surface area contributed by atoms with Gasteiger partial charge in [0.15, 0.2) is 0 Å². The van der Waals surface area contributed by atoms with Crippen LogP contribution in [0.4, 0.5) is 30.7 Å². The molecule has 1 aromatic carbocycles. The number of aromatic nitrogens is 3. The molecule has 5 nitrogen and oxygen atoms in total. The van der Waals surface area contributed by atoms with Gasteiger partial charge in [0, 0.05) is 11.8 Å². The molecule has 0 aliphatic heterocycles. The largest absolute Gasteiger partial charge is 0.478 e. The van der Waals surface area contributed by atoms with Crippen molar-refractivity contribution in [2.75, 3.05) is 0 Å². The minimum absolute atomic E-state index is 0.0437. The average Bonchev–Trinajstić information content (AvgIpc) is 3.29. The van der Waals surface area contributed by atoms with E-state index in [4.69, 9.17) is 11.6 Å². The summed E-state index contributed by atoms with van der Waals surface area (Å²) < 4.78 is 95.5. The molecule has 0 saturated carbocycles. The van der Waals surface area contributed by atoms with E-state index in [-0.39, 0.29) is 26.4 Å². The van der Waals surface area contributed by atoms with E-state index in [1.54, 1.807) is 0 Å². The second-order valence-electron chi connectivity index (χ2n) is 6.58. The third-order valence-corrected chi connectivity index (χ3v) is 6.02. The van der Waals surface area contributed by atoms with Gasteiger partial charge in [-0.15, -0.1) is 0 Å². The summed E-state index contributed by atoms with van der Waals surface area (Å²) >= 11 is 11.5. The second-order valence-corrected chi connectivity index (χ2v) is 8.34. The van der Waals surface area contributed by atoms with Crippen LogP contribution in [0.2, 0.25) is 5.02 Å². The number of nitrogens with zero attached hydrogens (tertiary/aromatic N) is 3. The van der Waals surface area contributed by atoms with Gasteiger partial charge >= 0.3 is 24.0 Å². The Balaban J connectivity index is 2.18. The van der Waals surface area contributed by atoms with E-state index in [9.17, 15) is 40.6 Å². The van der Waals surface area contributed by atoms with Crippen molar-refractivity contribution >= 4 is 49.4 Å². The average molecular weight is 628 g/mol. The van der Waals surface area contributed by atoms with Crippen LogP contribution in [0.1, 0.15) is 16.1 Å². The maximum atomic E-state index is 14.7. The molecule has 0 unspecified atom stereocenters. The summed E-state index contributed by atoms with van der Waals surface area (Å²) in [7, 11) is 0. The molecule has 2 aromatic heterocycles. The number of rotatable bonds is 5. The topological polar surface area (TPSA) is 60.0 Å². The number of hydrogen-bond donors (Lipinski definition) is 1. The molecule has 3 aromatic rings. The first-order valence-electron chi connectivity index (χ1n) is 8.49. The van der Waals surface area contributed by atoms with Gasteiger partial charge in [-0.05, 0) is 39.7 Å². The third-order valence-electron chi connectivity index (χ3n) is 4.61. The number of carboxylic acid groups (broad SMARTS) is 1. The minimum Gasteiger partial charge on any atom is -0.478 e. The Bertz CT molecular complexity index is 1210. The van der Waals surface area contributed by atoms with Crippen LogP contribution in [0.5, 0.6) is 0 Å². The molecule has 0 bridgehead atoms. The zero-order chi connectivity index (χ0) is 24.9. The molecule has 3 rings (SSSR count). The number of aromatic carboxylic acids is 1. The molecular weight excluding hydrogens is 618 g/mol. The van der Waals surface area contributed by atoms with Gasteiger partial charge in [-0.1, -0.05) is 33.6 Å². The molecule has 0 amide bonds. The molecule has 0 spiro atoms. The van der Waals surface area contributed by atoms with Gasteiger partial charge in [0.1, 0.15) is 5.82 Å². The van der Waals surface area contributed by atoms with Gasteiger partial charge in [-0.25, -0.2) is 13.9 Å². The molecule has 33 heavy (non-hydrogen) atoms. The molecule has 2 heterocycles. The first-order valence-corrected chi connectivity index (χ1v) is 10.8. The van der Waals surface area contributed by atoms with Crippen molar-refractivity contribution in [3.8, 4) is 16.9 Å². The number of carbonyl (C=O) groups is 1. The first kappa shape index (κ1) is 25.6. The first-order chi connectivity index (χ1) is 15.1. The summed E-state index contributed by atoms with van der Waals surface area (Å²) in [4.78, 5) is 11.3. The Morgan fingerprint density at radius 3 is 2.18 bits per heavy atom. The van der Waals surface area contributed by atoms with Gasteiger partial charge in [0.2, 0.25) is 0 Å². The molecule has 1 N–H and O–H groups in total. The number of halogens is 10. The SMILES string of the molecule is O=C(O)c1cc(-c2cnn(-c3c(Br)cc(C(F)(C(F)(F)F)C(F)(F)F)n3CBr)c2)ccc1Cl. The van der Waals surface area contributed by atoms with E-state index >= 15 is 0 Å². The van der Waals surface area contributed by atoms with E-state index in [1.807, 2.05) is 0 Å². The van der Waals surface area contributed by atoms with Gasteiger partial charge < -0.3 is 9.67 Å². The lowest BCUT2D eigenvalue weighted by atomic mass is 10.0. The van der Waals surface area contributed by atoms with Crippen molar-refractivity contribution in [3.63, 3.8) is 0 Å². The van der Waals surface area contributed by atoms with E-state index in [0.29, 0.717) is 16.2 Å². The van der Waals surface area contributed by atoms with Gasteiger partial charge in [0.25, 0.3) is 0 Å². The van der Waals surface area contributed by atoms with Crippen LogP contribution < -0.4 is 0 Å². The highest BCUT2D eigenvalue weighted by Gasteiger charge is 2.75. The summed E-state index contributed by atoms with van der Waals surface area (Å²) in [5.41, 5.74) is -7.66. The maximum Gasteiger partial charge on any atom is 0.437 e. The highest BCUT2D eigenvalue weighted by atomic mass is 79.9. The highest BCUT2D eigenvalue weighted by Crippen LogP contribution is 2.54. The molecule has 0 saturated heterocycles. The molecule has 0 fully saturated rings. The summed E-state index contributed by atoms with van der Waals surface area (Å²) in [6.45, 7) is 0. The normalized spacial score (nSPS) is 12.9.